The zero-order valence-corrected chi connectivity index (χ0v) is 15.8. The summed E-state index contributed by atoms with van der Waals surface area (Å²) in [6.45, 7) is 5.71. The van der Waals surface area contributed by atoms with Gasteiger partial charge in [-0.05, 0) is 24.6 Å². The molecular weight excluding hydrogens is 368 g/mol. The third-order valence-corrected chi connectivity index (χ3v) is 6.89. The molecule has 0 saturated carbocycles. The molecule has 1 fully saturated rings. The first-order valence-electron chi connectivity index (χ1n) is 7.98. The zero-order valence-electron chi connectivity index (χ0n) is 14.2. The second-order valence-electron chi connectivity index (χ2n) is 5.74. The van der Waals surface area contributed by atoms with Crippen molar-refractivity contribution in [3.05, 3.63) is 78.4 Å². The number of amides is 1. The summed E-state index contributed by atoms with van der Waals surface area (Å²) in [4.78, 5) is 17.3. The number of amidine groups is 1. The zero-order chi connectivity index (χ0) is 18.7. The molecule has 1 aliphatic rings. The number of carbonyl (C=O) groups is 1. The summed E-state index contributed by atoms with van der Waals surface area (Å²) in [5.74, 6) is -0.510. The van der Waals surface area contributed by atoms with Crippen molar-refractivity contribution in [2.45, 2.75) is 17.1 Å². The average molecular weight is 386 g/mol. The van der Waals surface area contributed by atoms with Crippen LogP contribution in [0.25, 0.3) is 0 Å². The smallest absolute Gasteiger partial charge is 0.272 e. The minimum atomic E-state index is -4.03. The van der Waals surface area contributed by atoms with Crippen LogP contribution in [0.1, 0.15) is 16.4 Å². The molecule has 1 aliphatic heterocycles. The summed E-state index contributed by atoms with van der Waals surface area (Å²) in [6.07, 6.45) is 1.56. The molecule has 2 aromatic carbocycles. The molecule has 1 heterocycles. The van der Waals surface area contributed by atoms with Crippen LogP contribution in [-0.2, 0) is 14.8 Å². The molecule has 0 unspecified atom stereocenters. The Morgan fingerprint density at radius 1 is 1.15 bits per heavy atom. The molecule has 5 nitrogen and oxygen atoms in total. The monoisotopic (exact) mass is 386 g/mol. The fourth-order valence-corrected chi connectivity index (χ4v) is 5.36. The third-order valence-electron chi connectivity index (χ3n) is 3.84. The average Bonchev–Trinajstić information content (AvgIpc) is 2.98. The number of rotatable bonds is 5. The maximum absolute atomic E-state index is 13.1. The van der Waals surface area contributed by atoms with E-state index in [0.717, 1.165) is 27.2 Å². The van der Waals surface area contributed by atoms with Gasteiger partial charge >= 0.3 is 0 Å². The summed E-state index contributed by atoms with van der Waals surface area (Å²) in [5, 5.41) is -0.468. The van der Waals surface area contributed by atoms with Crippen molar-refractivity contribution in [1.82, 2.24) is 4.31 Å². The number of nitrogens with zero attached hydrogens (tertiary/aromatic N) is 2. The molecule has 26 heavy (non-hydrogen) atoms. The van der Waals surface area contributed by atoms with Crippen molar-refractivity contribution < 1.29 is 13.2 Å². The number of benzene rings is 2. The first-order chi connectivity index (χ1) is 12.4. The van der Waals surface area contributed by atoms with Gasteiger partial charge in [-0.25, -0.2) is 8.42 Å². The Kier molecular flexibility index (Phi) is 5.29. The van der Waals surface area contributed by atoms with E-state index in [0.29, 0.717) is 0 Å². The summed E-state index contributed by atoms with van der Waals surface area (Å²) < 4.78 is 27.0. The van der Waals surface area contributed by atoms with E-state index in [2.05, 4.69) is 11.6 Å². The Morgan fingerprint density at radius 2 is 1.81 bits per heavy atom. The number of hydrogen-bond donors (Lipinski definition) is 0. The Morgan fingerprint density at radius 3 is 2.42 bits per heavy atom. The third kappa shape index (κ3) is 3.45. The number of aryl methyl sites for hydroxylation is 1. The van der Waals surface area contributed by atoms with E-state index < -0.39 is 21.2 Å². The first kappa shape index (κ1) is 18.4. The van der Waals surface area contributed by atoms with E-state index in [1.165, 1.54) is 12.1 Å². The minimum Gasteiger partial charge on any atom is -0.272 e. The van der Waals surface area contributed by atoms with Gasteiger partial charge in [0.2, 0.25) is 0 Å². The second kappa shape index (κ2) is 7.47. The number of carbonyl (C=O) groups excluding carboxylic acids is 1. The van der Waals surface area contributed by atoms with Crippen molar-refractivity contribution in [2.24, 2.45) is 4.99 Å². The fourth-order valence-electron chi connectivity index (χ4n) is 2.52. The maximum atomic E-state index is 13.1. The van der Waals surface area contributed by atoms with Crippen LogP contribution in [-0.4, -0.2) is 30.3 Å². The molecular formula is C19H18N2O3S2. The van der Waals surface area contributed by atoms with Crippen LogP contribution in [0.3, 0.4) is 0 Å². The molecule has 0 radical (unpaired) electrons. The van der Waals surface area contributed by atoms with Gasteiger partial charge in [-0.3, -0.25) is 9.79 Å². The Hall–Kier alpha value is -2.38. The van der Waals surface area contributed by atoms with Gasteiger partial charge in [0.15, 0.2) is 5.17 Å². The van der Waals surface area contributed by atoms with Crippen molar-refractivity contribution in [3.63, 3.8) is 0 Å². The molecule has 7 heteroatoms. The van der Waals surface area contributed by atoms with Crippen molar-refractivity contribution in [2.75, 3.05) is 6.54 Å². The largest absolute Gasteiger partial charge is 0.272 e. The number of hydrogen-bond acceptors (Lipinski definition) is 5. The molecule has 0 N–H and O–H groups in total. The van der Waals surface area contributed by atoms with Crippen molar-refractivity contribution >= 4 is 32.9 Å². The van der Waals surface area contributed by atoms with Gasteiger partial charge in [-0.15, -0.1) is 6.58 Å². The highest BCUT2D eigenvalue weighted by Gasteiger charge is 2.46. The molecule has 0 bridgehead atoms. The Balaban J connectivity index is 2.06. The molecule has 1 atom stereocenters. The molecule has 1 saturated heterocycles. The highest BCUT2D eigenvalue weighted by molar-refractivity contribution is 8.16. The predicted molar refractivity (Wildman–Crippen MR) is 104 cm³/mol. The lowest BCUT2D eigenvalue weighted by Crippen LogP contribution is -2.36. The Bertz CT molecular complexity index is 952. The molecule has 0 spiro atoms. The van der Waals surface area contributed by atoms with E-state index in [9.17, 15) is 13.2 Å². The van der Waals surface area contributed by atoms with E-state index in [1.807, 2.05) is 37.3 Å². The van der Waals surface area contributed by atoms with Crippen LogP contribution < -0.4 is 0 Å². The van der Waals surface area contributed by atoms with Crippen LogP contribution >= 0.6 is 11.8 Å². The van der Waals surface area contributed by atoms with Gasteiger partial charge in [-0.1, -0.05) is 65.9 Å². The van der Waals surface area contributed by atoms with Crippen LogP contribution in [0.2, 0.25) is 0 Å². The van der Waals surface area contributed by atoms with Crippen molar-refractivity contribution in [1.29, 1.82) is 0 Å². The van der Waals surface area contributed by atoms with Gasteiger partial charge in [-0.2, -0.15) is 4.31 Å². The van der Waals surface area contributed by atoms with Crippen LogP contribution in [0.5, 0.6) is 0 Å². The normalized spacial score (nSPS) is 19.1. The summed E-state index contributed by atoms with van der Waals surface area (Å²) in [5.41, 5.74) is 1.68. The summed E-state index contributed by atoms with van der Waals surface area (Å²) >= 11 is 1.14. The van der Waals surface area contributed by atoms with Crippen LogP contribution in [0.15, 0.2) is 77.1 Å². The number of sulfonamides is 1. The lowest BCUT2D eigenvalue weighted by atomic mass is 10.1. The lowest BCUT2D eigenvalue weighted by Gasteiger charge is -2.17. The van der Waals surface area contributed by atoms with Crippen LogP contribution in [0, 0.1) is 6.92 Å². The number of thioether (sulfide) groups is 1. The molecule has 1 amide bonds. The topological polar surface area (TPSA) is 66.8 Å². The van der Waals surface area contributed by atoms with Gasteiger partial charge in [0.1, 0.15) is 5.25 Å². The molecule has 2 aromatic rings. The highest BCUT2D eigenvalue weighted by atomic mass is 32.2. The van der Waals surface area contributed by atoms with E-state index in [1.54, 1.807) is 18.2 Å². The number of aliphatic imine (C=N–C) groups is 1. The molecule has 134 valence electrons. The van der Waals surface area contributed by atoms with Gasteiger partial charge in [0.05, 0.1) is 11.4 Å². The van der Waals surface area contributed by atoms with Gasteiger partial charge in [0.25, 0.3) is 15.9 Å². The lowest BCUT2D eigenvalue weighted by molar-refractivity contribution is -0.122. The van der Waals surface area contributed by atoms with E-state index in [-0.39, 0.29) is 16.6 Å². The predicted octanol–water partition coefficient (Wildman–Crippen LogP) is 3.54. The Labute approximate surface area is 157 Å². The maximum Gasteiger partial charge on any atom is 0.272 e. The fraction of sp³-hybridized carbons (Fsp3) is 0.158. The standard InChI is InChI=1S/C19H18N2O3S2/c1-3-13-20-19-21(26(23,24)16-11-9-14(2)10-12-16)18(22)17(25-19)15-7-5-4-6-8-15/h3-12,17H,1,13H2,2H3/t17-/m0/s1. The first-order valence-corrected chi connectivity index (χ1v) is 10.3. The van der Waals surface area contributed by atoms with Crippen molar-refractivity contribution in [3.8, 4) is 0 Å². The van der Waals surface area contributed by atoms with E-state index in [4.69, 9.17) is 0 Å². The van der Waals surface area contributed by atoms with Gasteiger partial charge < -0.3 is 0 Å². The van der Waals surface area contributed by atoms with Gasteiger partial charge in [0, 0.05) is 0 Å². The second-order valence-corrected chi connectivity index (χ2v) is 8.60. The quantitative estimate of drug-likeness (QED) is 0.737. The molecule has 0 aromatic heterocycles. The highest BCUT2D eigenvalue weighted by Crippen LogP contribution is 2.42. The summed E-state index contributed by atoms with van der Waals surface area (Å²) in [6, 6.07) is 15.5. The van der Waals surface area contributed by atoms with Crippen LogP contribution in [0.4, 0.5) is 0 Å². The minimum absolute atomic E-state index is 0.0667. The van der Waals surface area contributed by atoms with E-state index >= 15 is 0 Å². The SMILES string of the molecule is C=CCN=C1S[C@@H](c2ccccc2)C(=O)N1S(=O)(=O)c1ccc(C)cc1. The molecule has 0 aliphatic carbocycles. The summed E-state index contributed by atoms with van der Waals surface area (Å²) in [7, 11) is -4.03. The molecule has 3 rings (SSSR count).